The molecule has 1 atom stereocenters. The molecule has 0 aliphatic heterocycles. The number of furan rings is 1. The number of hydrogen-bond donors (Lipinski definition) is 2. The lowest BCUT2D eigenvalue weighted by Crippen LogP contribution is -2.27. The van der Waals surface area contributed by atoms with E-state index in [2.05, 4.69) is 12.3 Å². The normalized spacial score (nSPS) is 12.8. The standard InChI is InChI=1S/C14H26N2O/c1-2-3-4-5-6-7-8-9-14(16-15)13-10-11-17-12-13/h10-12,14,16H,2-9,15H2,1H3. The summed E-state index contributed by atoms with van der Waals surface area (Å²) in [6.45, 7) is 2.25. The molecule has 3 nitrogen and oxygen atoms in total. The fourth-order valence-electron chi connectivity index (χ4n) is 2.13. The van der Waals surface area contributed by atoms with Gasteiger partial charge in [-0.15, -0.1) is 0 Å². The Balaban J connectivity index is 2.04. The zero-order valence-corrected chi connectivity index (χ0v) is 11.0. The SMILES string of the molecule is CCCCCCCCCC(NN)c1ccoc1. The first-order chi connectivity index (χ1) is 8.38. The van der Waals surface area contributed by atoms with Crippen molar-refractivity contribution in [1.82, 2.24) is 5.43 Å². The first kappa shape index (κ1) is 14.3. The molecule has 98 valence electrons. The van der Waals surface area contributed by atoms with Crippen LogP contribution in [0.3, 0.4) is 0 Å². The van der Waals surface area contributed by atoms with E-state index in [1.807, 2.05) is 6.07 Å². The lowest BCUT2D eigenvalue weighted by molar-refractivity contribution is 0.469. The highest BCUT2D eigenvalue weighted by Gasteiger charge is 2.09. The van der Waals surface area contributed by atoms with Crippen LogP contribution in [0.2, 0.25) is 0 Å². The Bertz CT molecular complexity index is 259. The third kappa shape index (κ3) is 5.89. The summed E-state index contributed by atoms with van der Waals surface area (Å²) in [7, 11) is 0. The van der Waals surface area contributed by atoms with E-state index in [0.717, 1.165) is 12.0 Å². The molecule has 0 aliphatic carbocycles. The van der Waals surface area contributed by atoms with Gasteiger partial charge in [0, 0.05) is 11.6 Å². The predicted octanol–water partition coefficient (Wildman–Crippen LogP) is 3.92. The van der Waals surface area contributed by atoms with Crippen molar-refractivity contribution in [3.63, 3.8) is 0 Å². The minimum atomic E-state index is 0.240. The molecule has 3 N–H and O–H groups in total. The van der Waals surface area contributed by atoms with Crippen molar-refractivity contribution in [3.8, 4) is 0 Å². The van der Waals surface area contributed by atoms with Crippen LogP contribution in [0.1, 0.15) is 69.9 Å². The quantitative estimate of drug-likeness (QED) is 0.369. The van der Waals surface area contributed by atoms with E-state index >= 15 is 0 Å². The Morgan fingerprint density at radius 3 is 2.47 bits per heavy atom. The molecule has 0 aromatic carbocycles. The fourth-order valence-corrected chi connectivity index (χ4v) is 2.13. The summed E-state index contributed by atoms with van der Waals surface area (Å²) in [4.78, 5) is 0. The number of unbranched alkanes of at least 4 members (excludes halogenated alkanes) is 6. The van der Waals surface area contributed by atoms with Crippen LogP contribution in [0.4, 0.5) is 0 Å². The van der Waals surface area contributed by atoms with Gasteiger partial charge in [0.25, 0.3) is 0 Å². The molecule has 1 unspecified atom stereocenters. The van der Waals surface area contributed by atoms with Gasteiger partial charge in [0.15, 0.2) is 0 Å². The molecule has 0 bridgehead atoms. The topological polar surface area (TPSA) is 51.2 Å². The van der Waals surface area contributed by atoms with Crippen LogP contribution in [0.5, 0.6) is 0 Å². The second-order valence-electron chi connectivity index (χ2n) is 4.69. The van der Waals surface area contributed by atoms with Gasteiger partial charge in [-0.05, 0) is 12.5 Å². The van der Waals surface area contributed by atoms with Crippen molar-refractivity contribution < 1.29 is 4.42 Å². The summed E-state index contributed by atoms with van der Waals surface area (Å²) < 4.78 is 5.07. The summed E-state index contributed by atoms with van der Waals surface area (Å²) in [5.41, 5.74) is 4.01. The number of hydrazine groups is 1. The van der Waals surface area contributed by atoms with E-state index < -0.39 is 0 Å². The second-order valence-corrected chi connectivity index (χ2v) is 4.69. The van der Waals surface area contributed by atoms with Crippen molar-refractivity contribution in [2.24, 2.45) is 5.84 Å². The Morgan fingerprint density at radius 1 is 1.18 bits per heavy atom. The van der Waals surface area contributed by atoms with Gasteiger partial charge in [-0.3, -0.25) is 11.3 Å². The molecule has 0 amide bonds. The van der Waals surface area contributed by atoms with Crippen LogP contribution >= 0.6 is 0 Å². The molecule has 0 radical (unpaired) electrons. The third-order valence-electron chi connectivity index (χ3n) is 3.24. The van der Waals surface area contributed by atoms with Gasteiger partial charge < -0.3 is 4.42 Å². The molecule has 0 saturated carbocycles. The van der Waals surface area contributed by atoms with Gasteiger partial charge >= 0.3 is 0 Å². The van der Waals surface area contributed by atoms with Crippen molar-refractivity contribution in [2.45, 2.75) is 64.3 Å². The number of nitrogens with two attached hydrogens (primary N) is 1. The molecule has 3 heteroatoms. The molecule has 1 aromatic heterocycles. The van der Waals surface area contributed by atoms with Crippen molar-refractivity contribution in [2.75, 3.05) is 0 Å². The van der Waals surface area contributed by atoms with Crippen molar-refractivity contribution in [1.29, 1.82) is 0 Å². The van der Waals surface area contributed by atoms with Crippen LogP contribution in [0, 0.1) is 0 Å². The summed E-state index contributed by atoms with van der Waals surface area (Å²) in [5, 5.41) is 0. The average Bonchev–Trinajstić information content (AvgIpc) is 2.86. The lowest BCUT2D eigenvalue weighted by Gasteiger charge is -2.13. The maximum absolute atomic E-state index is 5.55. The Labute approximate surface area is 105 Å². The van der Waals surface area contributed by atoms with E-state index in [0.29, 0.717) is 0 Å². The smallest absolute Gasteiger partial charge is 0.0950 e. The number of hydrogen-bond acceptors (Lipinski definition) is 3. The first-order valence-corrected chi connectivity index (χ1v) is 6.86. The molecular weight excluding hydrogens is 212 g/mol. The minimum absolute atomic E-state index is 0.240. The van der Waals surface area contributed by atoms with Gasteiger partial charge in [-0.25, -0.2) is 0 Å². The number of nitrogens with one attached hydrogen (secondary N) is 1. The summed E-state index contributed by atoms with van der Waals surface area (Å²) in [6.07, 6.45) is 13.9. The molecule has 1 heterocycles. The van der Waals surface area contributed by atoms with Crippen LogP contribution in [-0.4, -0.2) is 0 Å². The van der Waals surface area contributed by atoms with E-state index in [1.54, 1.807) is 12.5 Å². The Morgan fingerprint density at radius 2 is 1.88 bits per heavy atom. The average molecular weight is 238 g/mol. The molecule has 0 aliphatic rings. The minimum Gasteiger partial charge on any atom is -0.472 e. The van der Waals surface area contributed by atoms with Crippen molar-refractivity contribution in [3.05, 3.63) is 24.2 Å². The molecule has 1 rings (SSSR count). The van der Waals surface area contributed by atoms with E-state index in [9.17, 15) is 0 Å². The van der Waals surface area contributed by atoms with Crippen LogP contribution in [0.25, 0.3) is 0 Å². The van der Waals surface area contributed by atoms with Crippen LogP contribution in [-0.2, 0) is 0 Å². The largest absolute Gasteiger partial charge is 0.472 e. The Kier molecular flexibility index (Phi) is 7.76. The van der Waals surface area contributed by atoms with Crippen LogP contribution < -0.4 is 11.3 Å². The van der Waals surface area contributed by atoms with Gasteiger partial charge in [0.1, 0.15) is 0 Å². The van der Waals surface area contributed by atoms with E-state index in [1.165, 1.54) is 44.9 Å². The van der Waals surface area contributed by atoms with Gasteiger partial charge in [-0.2, -0.15) is 0 Å². The number of rotatable bonds is 10. The second kappa shape index (κ2) is 9.25. The zero-order valence-electron chi connectivity index (χ0n) is 11.0. The molecule has 0 fully saturated rings. The van der Waals surface area contributed by atoms with Crippen LogP contribution in [0.15, 0.2) is 23.0 Å². The molecule has 0 spiro atoms. The maximum Gasteiger partial charge on any atom is 0.0950 e. The summed E-state index contributed by atoms with van der Waals surface area (Å²) in [5.74, 6) is 5.55. The monoisotopic (exact) mass is 238 g/mol. The highest BCUT2D eigenvalue weighted by Crippen LogP contribution is 2.20. The third-order valence-corrected chi connectivity index (χ3v) is 3.24. The fraction of sp³-hybridized carbons (Fsp3) is 0.714. The van der Waals surface area contributed by atoms with Gasteiger partial charge in [-0.1, -0.05) is 51.9 Å². The van der Waals surface area contributed by atoms with E-state index in [4.69, 9.17) is 10.3 Å². The highest BCUT2D eigenvalue weighted by molar-refractivity contribution is 5.10. The van der Waals surface area contributed by atoms with E-state index in [-0.39, 0.29) is 6.04 Å². The summed E-state index contributed by atoms with van der Waals surface area (Å²) in [6, 6.07) is 2.22. The van der Waals surface area contributed by atoms with Crippen molar-refractivity contribution >= 4 is 0 Å². The first-order valence-electron chi connectivity index (χ1n) is 6.86. The lowest BCUT2D eigenvalue weighted by atomic mass is 10.0. The maximum atomic E-state index is 5.55. The van der Waals surface area contributed by atoms with Gasteiger partial charge in [0.05, 0.1) is 12.5 Å². The predicted molar refractivity (Wildman–Crippen MR) is 71.4 cm³/mol. The Hall–Kier alpha value is -0.800. The molecule has 1 aromatic rings. The molecular formula is C14H26N2O. The molecule has 0 saturated heterocycles. The highest BCUT2D eigenvalue weighted by atomic mass is 16.3. The molecule has 17 heavy (non-hydrogen) atoms. The zero-order chi connectivity index (χ0) is 12.3. The van der Waals surface area contributed by atoms with Gasteiger partial charge in [0.2, 0.25) is 0 Å². The summed E-state index contributed by atoms with van der Waals surface area (Å²) >= 11 is 0.